The van der Waals surface area contributed by atoms with Gasteiger partial charge >= 0.3 is 5.97 Å². The summed E-state index contributed by atoms with van der Waals surface area (Å²) in [6.07, 6.45) is 2.94. The maximum Gasteiger partial charge on any atom is 0.305 e. The minimum absolute atomic E-state index is 0.0625. The molecule has 2 nitrogen and oxygen atoms in total. The summed E-state index contributed by atoms with van der Waals surface area (Å²) in [5.41, 5.74) is 0. The van der Waals surface area contributed by atoms with E-state index < -0.39 is 0 Å². The van der Waals surface area contributed by atoms with Gasteiger partial charge in [-0.25, -0.2) is 0 Å². The van der Waals surface area contributed by atoms with E-state index in [4.69, 9.17) is 4.74 Å². The van der Waals surface area contributed by atoms with E-state index in [1.807, 2.05) is 6.92 Å². The molecular weight excluding hydrogens is 104 g/mol. The number of hydrogen-bond acceptors (Lipinski definition) is 2. The number of carbonyl (C=O) groups excluding carboxylic acids is 1. The van der Waals surface area contributed by atoms with Crippen LogP contribution in [-0.4, -0.2) is 12.1 Å². The van der Waals surface area contributed by atoms with Gasteiger partial charge in [0.15, 0.2) is 0 Å². The highest BCUT2D eigenvalue weighted by Crippen LogP contribution is 2.23. The molecule has 1 aliphatic carbocycles. The van der Waals surface area contributed by atoms with E-state index in [0.717, 1.165) is 12.8 Å². The van der Waals surface area contributed by atoms with Crippen molar-refractivity contribution < 1.29 is 9.53 Å². The van der Waals surface area contributed by atoms with E-state index in [2.05, 4.69) is 0 Å². The summed E-state index contributed by atoms with van der Waals surface area (Å²) in [5, 5.41) is 0. The van der Waals surface area contributed by atoms with Crippen LogP contribution in [0.2, 0.25) is 0 Å². The molecule has 0 saturated heterocycles. The van der Waals surface area contributed by atoms with Crippen LogP contribution in [0.1, 0.15) is 26.2 Å². The molecule has 0 amide bonds. The van der Waals surface area contributed by atoms with Crippen LogP contribution >= 0.6 is 0 Å². The first-order chi connectivity index (χ1) is 3.83. The van der Waals surface area contributed by atoms with Gasteiger partial charge in [0, 0.05) is 6.42 Å². The van der Waals surface area contributed by atoms with Crippen LogP contribution in [0.3, 0.4) is 0 Å². The van der Waals surface area contributed by atoms with Crippen molar-refractivity contribution >= 4 is 5.97 Å². The van der Waals surface area contributed by atoms with Gasteiger partial charge in [0.05, 0.1) is 0 Å². The Bertz CT molecular complexity index is 94.7. The van der Waals surface area contributed by atoms with Gasteiger partial charge in [0.1, 0.15) is 6.10 Å². The zero-order valence-electron chi connectivity index (χ0n) is 5.02. The molecule has 0 atom stereocenters. The van der Waals surface area contributed by atoms with Crippen molar-refractivity contribution in [2.24, 2.45) is 0 Å². The predicted octanol–water partition coefficient (Wildman–Crippen LogP) is 1.10. The van der Waals surface area contributed by atoms with Crippen molar-refractivity contribution in [2.45, 2.75) is 32.3 Å². The Labute approximate surface area is 48.8 Å². The van der Waals surface area contributed by atoms with Gasteiger partial charge in [-0.2, -0.15) is 0 Å². The first-order valence-corrected chi connectivity index (χ1v) is 3.02. The molecule has 0 spiro atoms. The zero-order valence-corrected chi connectivity index (χ0v) is 5.02. The Morgan fingerprint density at radius 3 is 2.75 bits per heavy atom. The normalized spacial score (nSPS) is 18.1. The van der Waals surface area contributed by atoms with E-state index in [0.29, 0.717) is 6.42 Å². The van der Waals surface area contributed by atoms with Crippen LogP contribution < -0.4 is 0 Å². The highest BCUT2D eigenvalue weighted by molar-refractivity contribution is 5.69. The van der Waals surface area contributed by atoms with E-state index in [9.17, 15) is 4.79 Å². The summed E-state index contributed by atoms with van der Waals surface area (Å²) in [6.45, 7) is 1.81. The highest BCUT2D eigenvalue weighted by atomic mass is 16.5. The molecule has 1 saturated carbocycles. The third-order valence-electron chi connectivity index (χ3n) is 1.11. The molecule has 0 aromatic carbocycles. The van der Waals surface area contributed by atoms with Crippen molar-refractivity contribution in [1.29, 1.82) is 0 Å². The Hall–Kier alpha value is -0.530. The summed E-state index contributed by atoms with van der Waals surface area (Å²) in [6, 6.07) is 0. The molecule has 1 rings (SSSR count). The lowest BCUT2D eigenvalue weighted by molar-refractivity contribution is -0.144. The average molecular weight is 114 g/mol. The quantitative estimate of drug-likeness (QED) is 0.502. The standard InChI is InChI=1S/C6H10O2/c1-2-6(7)8-5-3-4-5/h5H,2-4H2,1H3. The van der Waals surface area contributed by atoms with Gasteiger partial charge in [-0.15, -0.1) is 0 Å². The summed E-state index contributed by atoms with van der Waals surface area (Å²) < 4.78 is 4.87. The van der Waals surface area contributed by atoms with Crippen LogP contribution in [0, 0.1) is 0 Å². The monoisotopic (exact) mass is 114 g/mol. The third kappa shape index (κ3) is 1.52. The topological polar surface area (TPSA) is 26.3 Å². The molecule has 46 valence electrons. The Morgan fingerprint density at radius 2 is 2.38 bits per heavy atom. The van der Waals surface area contributed by atoms with Gasteiger partial charge in [0.25, 0.3) is 0 Å². The molecule has 8 heavy (non-hydrogen) atoms. The minimum atomic E-state index is -0.0625. The van der Waals surface area contributed by atoms with E-state index in [-0.39, 0.29) is 12.1 Å². The highest BCUT2D eigenvalue weighted by Gasteiger charge is 2.24. The third-order valence-corrected chi connectivity index (χ3v) is 1.11. The molecule has 0 aromatic rings. The predicted molar refractivity (Wildman–Crippen MR) is 29.4 cm³/mol. The van der Waals surface area contributed by atoms with Gasteiger partial charge < -0.3 is 4.74 Å². The molecule has 0 heterocycles. The molecule has 0 N–H and O–H groups in total. The lowest BCUT2D eigenvalue weighted by Crippen LogP contribution is -2.02. The second-order valence-electron chi connectivity index (χ2n) is 2.04. The molecule has 0 aliphatic heterocycles. The van der Waals surface area contributed by atoms with Crippen LogP contribution in [0.4, 0.5) is 0 Å². The molecule has 1 aliphatic rings. The fourth-order valence-corrected chi connectivity index (χ4v) is 0.455. The van der Waals surface area contributed by atoms with Gasteiger partial charge in [-0.3, -0.25) is 4.79 Å². The molecule has 0 radical (unpaired) electrons. The van der Waals surface area contributed by atoms with Crippen molar-refractivity contribution in [2.75, 3.05) is 0 Å². The Kier molecular flexibility index (Phi) is 1.51. The zero-order chi connectivity index (χ0) is 5.98. The number of rotatable bonds is 2. The Morgan fingerprint density at radius 1 is 1.75 bits per heavy atom. The van der Waals surface area contributed by atoms with Crippen molar-refractivity contribution in [3.8, 4) is 0 Å². The summed E-state index contributed by atoms with van der Waals surface area (Å²) in [5.74, 6) is -0.0625. The first kappa shape index (κ1) is 5.60. The summed E-state index contributed by atoms with van der Waals surface area (Å²) in [7, 11) is 0. The lowest BCUT2D eigenvalue weighted by Gasteiger charge is -1.96. The number of ether oxygens (including phenoxy) is 1. The number of carbonyl (C=O) groups is 1. The van der Waals surface area contributed by atoms with Crippen molar-refractivity contribution in [3.63, 3.8) is 0 Å². The summed E-state index contributed by atoms with van der Waals surface area (Å²) in [4.78, 5) is 10.4. The molecule has 2 heteroatoms. The molecule has 0 aromatic heterocycles. The SMILES string of the molecule is CCC(=O)OC1CC1. The fraction of sp³-hybridized carbons (Fsp3) is 0.833. The smallest absolute Gasteiger partial charge is 0.305 e. The van der Waals surface area contributed by atoms with Gasteiger partial charge in [-0.1, -0.05) is 6.92 Å². The van der Waals surface area contributed by atoms with Gasteiger partial charge in [-0.05, 0) is 12.8 Å². The van der Waals surface area contributed by atoms with E-state index in [1.54, 1.807) is 0 Å². The van der Waals surface area contributed by atoms with Crippen molar-refractivity contribution in [3.05, 3.63) is 0 Å². The average Bonchev–Trinajstić information content (AvgIpc) is 2.50. The lowest BCUT2D eigenvalue weighted by atomic mass is 10.5. The van der Waals surface area contributed by atoms with Crippen molar-refractivity contribution in [1.82, 2.24) is 0 Å². The maximum atomic E-state index is 10.4. The Balaban J connectivity index is 2.07. The van der Waals surface area contributed by atoms with Crippen LogP contribution in [0.25, 0.3) is 0 Å². The van der Waals surface area contributed by atoms with Crippen LogP contribution in [0.5, 0.6) is 0 Å². The molecule has 1 fully saturated rings. The van der Waals surface area contributed by atoms with Gasteiger partial charge in [0.2, 0.25) is 0 Å². The number of esters is 1. The molecule has 0 bridgehead atoms. The largest absolute Gasteiger partial charge is 0.462 e. The van der Waals surface area contributed by atoms with E-state index in [1.165, 1.54) is 0 Å². The number of hydrogen-bond donors (Lipinski definition) is 0. The first-order valence-electron chi connectivity index (χ1n) is 3.02. The molecule has 0 unspecified atom stereocenters. The van der Waals surface area contributed by atoms with Crippen LogP contribution in [0.15, 0.2) is 0 Å². The minimum Gasteiger partial charge on any atom is -0.462 e. The van der Waals surface area contributed by atoms with Crippen LogP contribution in [-0.2, 0) is 9.53 Å². The fourth-order valence-electron chi connectivity index (χ4n) is 0.455. The second kappa shape index (κ2) is 2.16. The second-order valence-corrected chi connectivity index (χ2v) is 2.04. The van der Waals surface area contributed by atoms with E-state index >= 15 is 0 Å². The maximum absolute atomic E-state index is 10.4. The molecular formula is C6H10O2. The summed E-state index contributed by atoms with van der Waals surface area (Å²) >= 11 is 0.